The quantitative estimate of drug-likeness (QED) is 0.304. The van der Waals surface area contributed by atoms with Crippen LogP contribution in [-0.2, 0) is 19.0 Å². The number of rotatable bonds is 10. The Morgan fingerprint density at radius 1 is 1.05 bits per heavy atom. The van der Waals surface area contributed by atoms with Gasteiger partial charge >= 0.3 is 0 Å². The van der Waals surface area contributed by atoms with Gasteiger partial charge in [0.05, 0.1) is 13.2 Å². The summed E-state index contributed by atoms with van der Waals surface area (Å²) in [6.45, 7) is 2.41. The second-order valence-electron chi connectivity index (χ2n) is 3.83. The van der Waals surface area contributed by atoms with E-state index >= 15 is 0 Å². The molecule has 0 aliphatic heterocycles. The number of carbonyl (C=O) groups is 1. The van der Waals surface area contributed by atoms with Gasteiger partial charge in [-0.05, 0) is 12.1 Å². The van der Waals surface area contributed by atoms with E-state index < -0.39 is 0 Å². The van der Waals surface area contributed by atoms with Gasteiger partial charge in [-0.3, -0.25) is 10.2 Å². The minimum absolute atomic E-state index is 0.181. The lowest BCUT2D eigenvalue weighted by Gasteiger charge is -2.07. The van der Waals surface area contributed by atoms with Gasteiger partial charge in [0, 0.05) is 31.6 Å². The maximum atomic E-state index is 9.86. The molecule has 0 aliphatic rings. The first-order valence-electron chi connectivity index (χ1n) is 6.24. The van der Waals surface area contributed by atoms with E-state index in [1.165, 1.54) is 0 Å². The van der Waals surface area contributed by atoms with Gasteiger partial charge < -0.3 is 14.2 Å². The Balaban J connectivity index is 1.96. The molecule has 0 saturated heterocycles. The summed E-state index contributed by atoms with van der Waals surface area (Å²) < 4.78 is 15.2. The zero-order chi connectivity index (χ0) is 13.8. The molecule has 5 heteroatoms. The van der Waals surface area contributed by atoms with Crippen LogP contribution in [0, 0.1) is 5.41 Å². The van der Waals surface area contributed by atoms with Crippen molar-refractivity contribution in [3.05, 3.63) is 35.9 Å². The molecular formula is C14H19NO4. The van der Waals surface area contributed by atoms with Crippen molar-refractivity contribution in [2.24, 2.45) is 0 Å². The number of ether oxygens (including phenoxy) is 3. The second-order valence-corrected chi connectivity index (χ2v) is 3.83. The second kappa shape index (κ2) is 10.1. The lowest BCUT2D eigenvalue weighted by molar-refractivity contribution is -0.129. The number of nitrogens with one attached hydrogen (secondary N) is 1. The van der Waals surface area contributed by atoms with E-state index in [0.29, 0.717) is 39.3 Å². The summed E-state index contributed by atoms with van der Waals surface area (Å²) in [4.78, 5) is 9.86. The fourth-order valence-electron chi connectivity index (χ4n) is 1.40. The molecule has 0 fully saturated rings. The maximum Gasteiger partial charge on any atom is 0.293 e. The number of carbonyl (C=O) groups excluding carboxylic acids is 1. The highest BCUT2D eigenvalue weighted by Crippen LogP contribution is 2.01. The van der Waals surface area contributed by atoms with Crippen molar-refractivity contribution in [3.63, 3.8) is 0 Å². The number of hydrogen-bond acceptors (Lipinski definition) is 5. The van der Waals surface area contributed by atoms with E-state index in [4.69, 9.17) is 14.9 Å². The molecule has 0 saturated carbocycles. The predicted molar refractivity (Wildman–Crippen MR) is 71.3 cm³/mol. The molecule has 5 nitrogen and oxygen atoms in total. The Labute approximate surface area is 113 Å². The zero-order valence-electron chi connectivity index (χ0n) is 10.8. The Hall–Kier alpha value is -1.88. The first kappa shape index (κ1) is 15.2. The minimum Gasteiger partial charge on any atom is -0.478 e. The van der Waals surface area contributed by atoms with Crippen LogP contribution in [-0.4, -0.2) is 38.8 Å². The molecule has 1 rings (SSSR count). The summed E-state index contributed by atoms with van der Waals surface area (Å²) in [7, 11) is 0. The van der Waals surface area contributed by atoms with Crippen LogP contribution in [0.2, 0.25) is 0 Å². The number of benzene rings is 1. The monoisotopic (exact) mass is 265 g/mol. The van der Waals surface area contributed by atoms with Gasteiger partial charge in [0.15, 0.2) is 0 Å². The normalized spacial score (nSPS) is 9.89. The van der Waals surface area contributed by atoms with Gasteiger partial charge in [0.1, 0.15) is 0 Å². The lowest BCUT2D eigenvalue weighted by atomic mass is 10.2. The van der Waals surface area contributed by atoms with Crippen LogP contribution in [0.15, 0.2) is 30.3 Å². The van der Waals surface area contributed by atoms with Gasteiger partial charge in [-0.15, -0.1) is 0 Å². The molecule has 19 heavy (non-hydrogen) atoms. The largest absolute Gasteiger partial charge is 0.478 e. The minimum atomic E-state index is 0.181. The van der Waals surface area contributed by atoms with Crippen molar-refractivity contribution >= 4 is 12.4 Å². The maximum absolute atomic E-state index is 9.86. The van der Waals surface area contributed by atoms with Crippen molar-refractivity contribution in [1.29, 1.82) is 5.41 Å². The molecule has 0 unspecified atom stereocenters. The fourth-order valence-corrected chi connectivity index (χ4v) is 1.40. The molecule has 0 aromatic heterocycles. The van der Waals surface area contributed by atoms with E-state index in [0.717, 1.165) is 12.0 Å². The van der Waals surface area contributed by atoms with Crippen molar-refractivity contribution in [1.82, 2.24) is 0 Å². The summed E-state index contributed by atoms with van der Waals surface area (Å²) >= 11 is 0. The van der Waals surface area contributed by atoms with Crippen molar-refractivity contribution in [2.75, 3.05) is 26.4 Å². The Bertz CT molecular complexity index is 367. The number of hydrogen-bond donors (Lipinski definition) is 1. The van der Waals surface area contributed by atoms with Crippen LogP contribution >= 0.6 is 0 Å². The lowest BCUT2D eigenvalue weighted by Crippen LogP contribution is -2.09. The van der Waals surface area contributed by atoms with Gasteiger partial charge in [0.2, 0.25) is 5.90 Å². The van der Waals surface area contributed by atoms with Crippen LogP contribution in [0.5, 0.6) is 0 Å². The summed E-state index contributed by atoms with van der Waals surface area (Å²) in [6, 6.07) is 9.33. The third-order valence-electron chi connectivity index (χ3n) is 2.33. The Kier molecular flexibility index (Phi) is 8.05. The molecule has 0 spiro atoms. The highest BCUT2D eigenvalue weighted by Gasteiger charge is 2.00. The SMILES string of the molecule is N=C(OCCCOCCCOC=O)c1ccccc1. The van der Waals surface area contributed by atoms with E-state index in [-0.39, 0.29) is 5.90 Å². The van der Waals surface area contributed by atoms with E-state index in [9.17, 15) is 4.79 Å². The molecule has 0 bridgehead atoms. The van der Waals surface area contributed by atoms with Crippen LogP contribution in [0.1, 0.15) is 18.4 Å². The molecule has 0 heterocycles. The fraction of sp³-hybridized carbons (Fsp3) is 0.429. The van der Waals surface area contributed by atoms with E-state index in [1.807, 2.05) is 30.3 Å². The third-order valence-corrected chi connectivity index (χ3v) is 2.33. The van der Waals surface area contributed by atoms with Crippen LogP contribution in [0.3, 0.4) is 0 Å². The first-order valence-corrected chi connectivity index (χ1v) is 6.24. The topological polar surface area (TPSA) is 68.6 Å². The molecule has 0 radical (unpaired) electrons. The Morgan fingerprint density at radius 3 is 2.42 bits per heavy atom. The van der Waals surface area contributed by atoms with Crippen LogP contribution in [0.25, 0.3) is 0 Å². The highest BCUT2D eigenvalue weighted by atomic mass is 16.5. The van der Waals surface area contributed by atoms with Crippen LogP contribution < -0.4 is 0 Å². The van der Waals surface area contributed by atoms with Crippen molar-refractivity contribution in [3.8, 4) is 0 Å². The molecule has 0 atom stereocenters. The average molecular weight is 265 g/mol. The zero-order valence-corrected chi connectivity index (χ0v) is 10.8. The Morgan fingerprint density at radius 2 is 1.74 bits per heavy atom. The summed E-state index contributed by atoms with van der Waals surface area (Å²) in [5, 5.41) is 7.71. The third kappa shape index (κ3) is 7.21. The molecule has 0 aliphatic carbocycles. The molecular weight excluding hydrogens is 246 g/mol. The smallest absolute Gasteiger partial charge is 0.293 e. The van der Waals surface area contributed by atoms with Crippen molar-refractivity contribution in [2.45, 2.75) is 12.8 Å². The summed E-state index contributed by atoms with van der Waals surface area (Å²) in [5.74, 6) is 0.181. The summed E-state index contributed by atoms with van der Waals surface area (Å²) in [6.07, 6.45) is 1.42. The highest BCUT2D eigenvalue weighted by molar-refractivity contribution is 5.91. The molecule has 104 valence electrons. The van der Waals surface area contributed by atoms with Gasteiger partial charge in [-0.2, -0.15) is 0 Å². The van der Waals surface area contributed by atoms with Gasteiger partial charge in [-0.1, -0.05) is 18.2 Å². The van der Waals surface area contributed by atoms with E-state index in [1.54, 1.807) is 0 Å². The molecule has 1 aromatic carbocycles. The first-order chi connectivity index (χ1) is 9.34. The van der Waals surface area contributed by atoms with Crippen molar-refractivity contribution < 1.29 is 19.0 Å². The van der Waals surface area contributed by atoms with Gasteiger partial charge in [-0.25, -0.2) is 0 Å². The van der Waals surface area contributed by atoms with Crippen LogP contribution in [0.4, 0.5) is 0 Å². The summed E-state index contributed by atoms with van der Waals surface area (Å²) in [5.41, 5.74) is 0.773. The standard InChI is InChI=1S/C14H19NO4/c15-14(13-6-2-1-3-7-13)19-11-5-9-17-8-4-10-18-12-16/h1-3,6-7,12,15H,4-5,8-11H2. The predicted octanol–water partition coefficient (Wildman–Crippen LogP) is 2.00. The molecule has 1 aromatic rings. The van der Waals surface area contributed by atoms with Gasteiger partial charge in [0.25, 0.3) is 6.47 Å². The van der Waals surface area contributed by atoms with E-state index in [2.05, 4.69) is 4.74 Å². The molecule has 0 amide bonds. The average Bonchev–Trinajstić information content (AvgIpc) is 2.46. The molecule has 1 N–H and O–H groups in total.